The number of ether oxygens (including phenoxy) is 1. The molecule has 4 heterocycles. The lowest BCUT2D eigenvalue weighted by Crippen LogP contribution is -2.63. The molecule has 9 heteroatoms. The van der Waals surface area contributed by atoms with Gasteiger partial charge < -0.3 is 28.6 Å². The summed E-state index contributed by atoms with van der Waals surface area (Å²) in [5, 5.41) is 21.6. The van der Waals surface area contributed by atoms with Gasteiger partial charge in [-0.25, -0.2) is 4.98 Å². The van der Waals surface area contributed by atoms with E-state index in [4.69, 9.17) is 47.2 Å². The highest BCUT2D eigenvalue weighted by molar-refractivity contribution is 6.42. The first-order valence-electron chi connectivity index (χ1n) is 14.6. The molecule has 7 nitrogen and oxygen atoms in total. The van der Waals surface area contributed by atoms with Crippen molar-refractivity contribution in [2.24, 2.45) is 11.8 Å². The lowest BCUT2D eigenvalue weighted by molar-refractivity contribution is -0.959. The summed E-state index contributed by atoms with van der Waals surface area (Å²) >= 11 is 12.3. The van der Waals surface area contributed by atoms with Gasteiger partial charge in [0.25, 0.3) is 0 Å². The van der Waals surface area contributed by atoms with Crippen LogP contribution in [0.1, 0.15) is 67.7 Å². The van der Waals surface area contributed by atoms with E-state index in [0.29, 0.717) is 28.5 Å². The summed E-state index contributed by atoms with van der Waals surface area (Å²) in [5.41, 5.74) is 0.729. The molecule has 1 N–H and O–H groups in total. The third-order valence-electron chi connectivity index (χ3n) is 9.27. The van der Waals surface area contributed by atoms with Crippen LogP contribution in [0, 0.1) is 11.8 Å². The van der Waals surface area contributed by atoms with E-state index < -0.39 is 12.1 Å². The quantitative estimate of drug-likeness (QED) is 0.271. The van der Waals surface area contributed by atoms with Gasteiger partial charge in [-0.15, -0.1) is 0 Å². The lowest BCUT2D eigenvalue weighted by atomic mass is 9.73. The first-order valence-corrected chi connectivity index (χ1v) is 15.3. The molecule has 2 aromatic carbocycles. The number of hydrogen-bond acceptors (Lipinski definition) is 6. The molecule has 2 atom stereocenters. The van der Waals surface area contributed by atoms with Gasteiger partial charge in [-0.05, 0) is 36.1 Å². The highest BCUT2D eigenvalue weighted by Crippen LogP contribution is 2.44. The number of piperidine rings is 3. The smallest absolute Gasteiger partial charge is 0.231 e. The van der Waals surface area contributed by atoms with Crippen molar-refractivity contribution >= 4 is 29.7 Å². The van der Waals surface area contributed by atoms with Crippen LogP contribution in [0.25, 0.3) is 0 Å². The molecule has 3 aromatic rings. The highest BCUT2D eigenvalue weighted by atomic mass is 35.5. The van der Waals surface area contributed by atoms with Crippen LogP contribution in [0.5, 0.6) is 0 Å². The molecule has 220 valence electrons. The molecule has 0 unspecified atom stereocenters. The van der Waals surface area contributed by atoms with E-state index in [-0.39, 0.29) is 12.0 Å². The summed E-state index contributed by atoms with van der Waals surface area (Å²) < 4.78 is 13.8. The Labute approximate surface area is 251 Å². The van der Waals surface area contributed by atoms with Crippen LogP contribution in [0.4, 0.5) is 0 Å². The molecule has 2 bridgehead atoms. The number of carbonyl (C=O) groups excluding carboxylic acids is 1. The zero-order valence-electron chi connectivity index (χ0n) is 23.2. The average molecular weight is 602 g/mol. The Morgan fingerprint density at radius 3 is 2.44 bits per heavy atom. The number of rotatable bonds is 8. The van der Waals surface area contributed by atoms with Gasteiger partial charge in [-0.2, -0.15) is 0 Å². The van der Waals surface area contributed by atoms with Gasteiger partial charge in [0.15, 0.2) is 11.4 Å². The number of hydrogen-bond donors (Lipinski definition) is 1. The number of nitrogens with zero attached hydrogens (tertiary/aromatic N) is 2. The summed E-state index contributed by atoms with van der Waals surface area (Å²) in [5.74, 6) is 2.01. The van der Waals surface area contributed by atoms with Gasteiger partial charge in [0, 0.05) is 31.1 Å². The fourth-order valence-electron chi connectivity index (χ4n) is 7.10. The van der Waals surface area contributed by atoms with E-state index in [9.17, 15) is 5.11 Å². The third kappa shape index (κ3) is 6.65. The second-order valence-electron chi connectivity index (χ2n) is 11.8. The van der Waals surface area contributed by atoms with Crippen LogP contribution >= 0.6 is 23.2 Å². The Balaban J connectivity index is 0.00000108. The number of carbonyl (C=O) groups is 1. The standard InChI is InChI=1S/C31H37Cl2N2O3.CH2O2/c32-27-12-11-22(17-28(27)33)21-37-29-20-35(15-13-23(29)14-16-35)19-26-18-34-30(38-26)31(36,24-7-3-1-4-8-24)25-9-5-2-6-10-25;2-1-3/h1,3-4,7-8,11-12,17-18,23,25,29,36H,2,5-6,9-10,13-16,19-21H2;1H,(H,2,3)/q+1;/p-1/t23?,29-,31-,35?;/m0./s1. The Kier molecular flexibility index (Phi) is 9.72. The van der Waals surface area contributed by atoms with Gasteiger partial charge in [0.05, 0.1) is 35.9 Å². The molecule has 4 aliphatic rings. The van der Waals surface area contributed by atoms with Gasteiger partial charge in [-0.3, -0.25) is 0 Å². The number of aromatic nitrogens is 1. The van der Waals surface area contributed by atoms with Gasteiger partial charge in [0.1, 0.15) is 19.2 Å². The van der Waals surface area contributed by atoms with Crippen molar-refractivity contribution in [3.8, 4) is 0 Å². The fraction of sp³-hybridized carbons (Fsp3) is 0.500. The number of quaternary nitrogens is 1. The van der Waals surface area contributed by atoms with E-state index >= 15 is 0 Å². The van der Waals surface area contributed by atoms with Gasteiger partial charge in [0.2, 0.25) is 5.89 Å². The minimum Gasteiger partial charge on any atom is -0.554 e. The zero-order valence-corrected chi connectivity index (χ0v) is 24.7. The first kappa shape index (κ1) is 30.1. The largest absolute Gasteiger partial charge is 0.554 e. The van der Waals surface area contributed by atoms with Crippen molar-refractivity contribution in [3.05, 3.63) is 87.6 Å². The number of benzene rings is 2. The molecule has 41 heavy (non-hydrogen) atoms. The van der Waals surface area contributed by atoms with Gasteiger partial charge >= 0.3 is 0 Å². The van der Waals surface area contributed by atoms with E-state index in [0.717, 1.165) is 86.1 Å². The Morgan fingerprint density at radius 2 is 1.76 bits per heavy atom. The third-order valence-corrected chi connectivity index (χ3v) is 10.0. The van der Waals surface area contributed by atoms with E-state index in [1.54, 1.807) is 0 Å². The van der Waals surface area contributed by atoms with Crippen LogP contribution in [0.15, 0.2) is 59.1 Å². The number of halogens is 2. The fourth-order valence-corrected chi connectivity index (χ4v) is 7.42. The van der Waals surface area contributed by atoms with Crippen molar-refractivity contribution in [2.45, 2.75) is 69.8 Å². The second kappa shape index (κ2) is 13.3. The van der Waals surface area contributed by atoms with Crippen LogP contribution in [0.3, 0.4) is 0 Å². The molecule has 3 saturated heterocycles. The van der Waals surface area contributed by atoms with Crippen molar-refractivity contribution in [1.82, 2.24) is 4.98 Å². The molecular weight excluding hydrogens is 563 g/mol. The van der Waals surface area contributed by atoms with Crippen molar-refractivity contribution in [3.63, 3.8) is 0 Å². The predicted molar refractivity (Wildman–Crippen MR) is 155 cm³/mol. The molecule has 1 aliphatic carbocycles. The summed E-state index contributed by atoms with van der Waals surface area (Å²) in [6, 6.07) is 15.7. The summed E-state index contributed by atoms with van der Waals surface area (Å²) in [7, 11) is 0. The van der Waals surface area contributed by atoms with Crippen LogP contribution < -0.4 is 5.11 Å². The molecule has 0 spiro atoms. The van der Waals surface area contributed by atoms with Gasteiger partial charge in [-0.1, -0.05) is 78.9 Å². The first-order chi connectivity index (χ1) is 19.9. The molecule has 0 radical (unpaired) electrons. The monoisotopic (exact) mass is 600 g/mol. The van der Waals surface area contributed by atoms with E-state index in [1.807, 2.05) is 54.7 Å². The average Bonchev–Trinajstić information content (AvgIpc) is 3.47. The number of aliphatic hydroxyl groups is 1. The normalized spacial score (nSPS) is 25.6. The molecule has 7 rings (SSSR count). The maximum absolute atomic E-state index is 12.2. The molecular formula is C32H38Cl2N2O5. The van der Waals surface area contributed by atoms with Crippen LogP contribution in [0.2, 0.25) is 10.0 Å². The van der Waals surface area contributed by atoms with E-state index in [1.165, 1.54) is 6.42 Å². The van der Waals surface area contributed by atoms with Crippen LogP contribution in [-0.4, -0.2) is 46.8 Å². The summed E-state index contributed by atoms with van der Waals surface area (Å²) in [6.45, 7) is 4.03. The molecule has 1 aromatic heterocycles. The lowest BCUT2D eigenvalue weighted by Gasteiger charge is -2.52. The molecule has 3 aliphatic heterocycles. The topological polar surface area (TPSA) is 95.6 Å². The minimum atomic E-state index is -1.19. The van der Waals surface area contributed by atoms with Crippen molar-refractivity contribution in [1.29, 1.82) is 0 Å². The van der Waals surface area contributed by atoms with E-state index in [2.05, 4.69) is 0 Å². The highest BCUT2D eigenvalue weighted by Gasteiger charge is 2.48. The predicted octanol–water partition coefficient (Wildman–Crippen LogP) is 5.49. The molecule has 1 saturated carbocycles. The SMILES string of the molecule is O=C[O-].O[C@](c1ccccc1)(c1ncc(C[N+]23CCC(CC2)[C@@H](OCc2ccc(Cl)c(Cl)c2)C3)o1)C1CCCCC1. The Hall–Kier alpha value is -2.42. The Morgan fingerprint density at radius 1 is 1.05 bits per heavy atom. The minimum absolute atomic E-state index is 0.113. The number of carboxylic acid groups (broad SMARTS) is 1. The summed E-state index contributed by atoms with van der Waals surface area (Å²) in [6.07, 6.45) is 9.85. The van der Waals surface area contributed by atoms with Crippen molar-refractivity contribution in [2.75, 3.05) is 19.6 Å². The van der Waals surface area contributed by atoms with Crippen LogP contribution in [-0.2, 0) is 28.3 Å². The molecule has 0 amide bonds. The van der Waals surface area contributed by atoms with Crippen molar-refractivity contribution < 1.29 is 28.6 Å². The maximum atomic E-state index is 12.2. The Bertz CT molecular complexity index is 1290. The summed E-state index contributed by atoms with van der Waals surface area (Å²) in [4.78, 5) is 13.0. The number of oxazole rings is 1. The number of fused-ring (bicyclic) bond motifs is 3. The molecule has 4 fully saturated rings. The zero-order chi connectivity index (χ0) is 28.9. The maximum Gasteiger partial charge on any atom is 0.231 e. The second-order valence-corrected chi connectivity index (χ2v) is 12.6.